The Hall–Kier alpha value is -2.29. The van der Waals surface area contributed by atoms with Crippen molar-refractivity contribution in [2.24, 2.45) is 0 Å². The molecule has 3 N–H and O–H groups in total. The van der Waals surface area contributed by atoms with E-state index in [1.807, 2.05) is 12.1 Å². The first-order valence-electron chi connectivity index (χ1n) is 6.84. The van der Waals surface area contributed by atoms with Crippen molar-refractivity contribution >= 4 is 17.3 Å². The Morgan fingerprint density at radius 3 is 2.60 bits per heavy atom. The van der Waals surface area contributed by atoms with Crippen LogP contribution < -0.4 is 11.1 Å². The lowest BCUT2D eigenvalue weighted by atomic mass is 10.1. The molecule has 0 aliphatic heterocycles. The van der Waals surface area contributed by atoms with Crippen LogP contribution >= 0.6 is 0 Å². The summed E-state index contributed by atoms with van der Waals surface area (Å²) in [6.07, 6.45) is 2.28. The van der Waals surface area contributed by atoms with Crippen molar-refractivity contribution in [1.29, 1.82) is 0 Å². The summed E-state index contributed by atoms with van der Waals surface area (Å²) in [6, 6.07) is 15.7. The molecule has 0 saturated heterocycles. The summed E-state index contributed by atoms with van der Waals surface area (Å²) < 4.78 is 0. The fourth-order valence-corrected chi connectivity index (χ4v) is 2.05. The Morgan fingerprint density at radius 2 is 1.90 bits per heavy atom. The molecule has 2 aromatic rings. The van der Waals surface area contributed by atoms with E-state index in [1.54, 1.807) is 12.1 Å². The number of benzene rings is 2. The monoisotopic (exact) mass is 268 g/mol. The van der Waals surface area contributed by atoms with E-state index < -0.39 is 0 Å². The van der Waals surface area contributed by atoms with E-state index in [0.717, 1.165) is 18.5 Å². The Labute approximate surface area is 119 Å². The standard InChI is InChI=1S/C17H20N2O/c1-13-8-10-14(11-9-13)4-2-7-17(20)19-16-6-3-5-15(18)12-16/h3,5-6,8-12H,2,4,7,18H2,1H3,(H,19,20). The summed E-state index contributed by atoms with van der Waals surface area (Å²) in [5.74, 6) is 0.0303. The Kier molecular flexibility index (Phi) is 4.77. The number of nitrogens with two attached hydrogens (primary N) is 1. The van der Waals surface area contributed by atoms with Gasteiger partial charge in [-0.05, 0) is 43.5 Å². The minimum Gasteiger partial charge on any atom is -0.399 e. The summed E-state index contributed by atoms with van der Waals surface area (Å²) in [4.78, 5) is 11.8. The molecule has 0 atom stereocenters. The minimum atomic E-state index is 0.0303. The SMILES string of the molecule is Cc1ccc(CCCC(=O)Nc2cccc(N)c2)cc1. The van der Waals surface area contributed by atoms with Gasteiger partial charge in [0.1, 0.15) is 0 Å². The van der Waals surface area contributed by atoms with E-state index in [4.69, 9.17) is 5.73 Å². The summed E-state index contributed by atoms with van der Waals surface area (Å²) in [6.45, 7) is 2.07. The quantitative estimate of drug-likeness (QED) is 0.815. The topological polar surface area (TPSA) is 55.1 Å². The fourth-order valence-electron chi connectivity index (χ4n) is 2.05. The maximum absolute atomic E-state index is 11.8. The molecule has 1 amide bonds. The highest BCUT2D eigenvalue weighted by Crippen LogP contribution is 2.13. The van der Waals surface area contributed by atoms with E-state index >= 15 is 0 Å². The predicted octanol–water partition coefficient (Wildman–Crippen LogP) is 3.54. The number of nitrogens with one attached hydrogen (secondary N) is 1. The van der Waals surface area contributed by atoms with Crippen LogP contribution in [0, 0.1) is 6.92 Å². The van der Waals surface area contributed by atoms with Gasteiger partial charge in [0, 0.05) is 17.8 Å². The number of anilines is 2. The molecule has 0 spiro atoms. The highest BCUT2D eigenvalue weighted by molar-refractivity contribution is 5.91. The van der Waals surface area contributed by atoms with Crippen molar-refractivity contribution in [3.05, 3.63) is 59.7 Å². The average molecular weight is 268 g/mol. The first-order chi connectivity index (χ1) is 9.63. The Balaban J connectivity index is 1.76. The Morgan fingerprint density at radius 1 is 1.15 bits per heavy atom. The van der Waals surface area contributed by atoms with E-state index in [2.05, 4.69) is 36.5 Å². The second-order valence-electron chi connectivity index (χ2n) is 5.01. The van der Waals surface area contributed by atoms with Crippen LogP contribution in [-0.4, -0.2) is 5.91 Å². The average Bonchev–Trinajstić information content (AvgIpc) is 2.41. The summed E-state index contributed by atoms with van der Waals surface area (Å²) >= 11 is 0. The smallest absolute Gasteiger partial charge is 0.224 e. The van der Waals surface area contributed by atoms with Crippen LogP contribution in [0.15, 0.2) is 48.5 Å². The summed E-state index contributed by atoms with van der Waals surface area (Å²) in [5, 5.41) is 2.86. The summed E-state index contributed by atoms with van der Waals surface area (Å²) in [5.41, 5.74) is 9.61. The van der Waals surface area contributed by atoms with Gasteiger partial charge in [0.2, 0.25) is 5.91 Å². The lowest BCUT2D eigenvalue weighted by Crippen LogP contribution is -2.11. The first kappa shape index (κ1) is 14.1. The van der Waals surface area contributed by atoms with Crippen LogP contribution in [0.1, 0.15) is 24.0 Å². The number of aryl methyl sites for hydroxylation is 2. The third-order valence-corrected chi connectivity index (χ3v) is 3.16. The first-order valence-corrected chi connectivity index (χ1v) is 6.84. The van der Waals surface area contributed by atoms with Gasteiger partial charge in [0.15, 0.2) is 0 Å². The van der Waals surface area contributed by atoms with Crippen molar-refractivity contribution < 1.29 is 4.79 Å². The van der Waals surface area contributed by atoms with Crippen molar-refractivity contribution in [1.82, 2.24) is 0 Å². The largest absolute Gasteiger partial charge is 0.399 e. The fraction of sp³-hybridized carbons (Fsp3) is 0.235. The van der Waals surface area contributed by atoms with Gasteiger partial charge in [-0.15, -0.1) is 0 Å². The number of hydrogen-bond donors (Lipinski definition) is 2. The molecule has 0 aromatic heterocycles. The number of carbonyl (C=O) groups is 1. The van der Waals surface area contributed by atoms with E-state index in [9.17, 15) is 4.79 Å². The number of carbonyl (C=O) groups excluding carboxylic acids is 1. The molecule has 0 radical (unpaired) electrons. The van der Waals surface area contributed by atoms with Crippen molar-refractivity contribution in [2.75, 3.05) is 11.1 Å². The number of nitrogen functional groups attached to an aromatic ring is 1. The molecule has 0 heterocycles. The normalized spacial score (nSPS) is 10.2. The van der Waals surface area contributed by atoms with Gasteiger partial charge in [-0.3, -0.25) is 4.79 Å². The molecular formula is C17H20N2O. The molecule has 3 heteroatoms. The Bertz CT molecular complexity index is 576. The maximum atomic E-state index is 11.8. The van der Waals surface area contributed by atoms with E-state index in [1.165, 1.54) is 11.1 Å². The molecule has 0 saturated carbocycles. The molecular weight excluding hydrogens is 248 g/mol. The molecule has 3 nitrogen and oxygen atoms in total. The van der Waals surface area contributed by atoms with Gasteiger partial charge in [-0.25, -0.2) is 0 Å². The van der Waals surface area contributed by atoms with Crippen molar-refractivity contribution in [3.63, 3.8) is 0 Å². The molecule has 2 aromatic carbocycles. The van der Waals surface area contributed by atoms with Crippen LogP contribution in [0.4, 0.5) is 11.4 Å². The lowest BCUT2D eigenvalue weighted by molar-refractivity contribution is -0.116. The number of rotatable bonds is 5. The van der Waals surface area contributed by atoms with Crippen LogP contribution in [0.5, 0.6) is 0 Å². The van der Waals surface area contributed by atoms with Gasteiger partial charge >= 0.3 is 0 Å². The number of hydrogen-bond acceptors (Lipinski definition) is 2. The highest BCUT2D eigenvalue weighted by atomic mass is 16.1. The van der Waals surface area contributed by atoms with Gasteiger partial charge in [-0.2, -0.15) is 0 Å². The molecule has 2 rings (SSSR count). The van der Waals surface area contributed by atoms with Crippen LogP contribution in [0.3, 0.4) is 0 Å². The lowest BCUT2D eigenvalue weighted by Gasteiger charge is -2.06. The molecule has 20 heavy (non-hydrogen) atoms. The molecule has 104 valence electrons. The molecule has 0 aliphatic rings. The highest BCUT2D eigenvalue weighted by Gasteiger charge is 2.03. The summed E-state index contributed by atoms with van der Waals surface area (Å²) in [7, 11) is 0. The molecule has 0 bridgehead atoms. The number of amides is 1. The maximum Gasteiger partial charge on any atom is 0.224 e. The second-order valence-corrected chi connectivity index (χ2v) is 5.01. The molecule has 0 unspecified atom stereocenters. The molecule has 0 aliphatic carbocycles. The zero-order valence-corrected chi connectivity index (χ0v) is 11.7. The van der Waals surface area contributed by atoms with E-state index in [0.29, 0.717) is 12.1 Å². The molecule has 0 fully saturated rings. The van der Waals surface area contributed by atoms with Crippen molar-refractivity contribution in [2.45, 2.75) is 26.2 Å². The zero-order chi connectivity index (χ0) is 14.4. The predicted molar refractivity (Wildman–Crippen MR) is 83.6 cm³/mol. The zero-order valence-electron chi connectivity index (χ0n) is 11.7. The van der Waals surface area contributed by atoms with Crippen LogP contribution in [0.2, 0.25) is 0 Å². The van der Waals surface area contributed by atoms with Crippen LogP contribution in [0.25, 0.3) is 0 Å². The van der Waals surface area contributed by atoms with Crippen LogP contribution in [-0.2, 0) is 11.2 Å². The van der Waals surface area contributed by atoms with Gasteiger partial charge in [-0.1, -0.05) is 35.9 Å². The van der Waals surface area contributed by atoms with Gasteiger partial charge in [0.05, 0.1) is 0 Å². The van der Waals surface area contributed by atoms with Crippen molar-refractivity contribution in [3.8, 4) is 0 Å². The minimum absolute atomic E-state index is 0.0303. The van der Waals surface area contributed by atoms with Gasteiger partial charge in [0.25, 0.3) is 0 Å². The third kappa shape index (κ3) is 4.43. The second kappa shape index (κ2) is 6.75. The third-order valence-electron chi connectivity index (χ3n) is 3.16. The van der Waals surface area contributed by atoms with E-state index in [-0.39, 0.29) is 5.91 Å². The van der Waals surface area contributed by atoms with Gasteiger partial charge < -0.3 is 11.1 Å².